The fourth-order valence-corrected chi connectivity index (χ4v) is 1.00. The number of carbonyl (C=O) groups is 1. The second-order valence-corrected chi connectivity index (χ2v) is 2.85. The van der Waals surface area contributed by atoms with Crippen molar-refractivity contribution in [1.29, 1.82) is 5.26 Å². The number of nitrogens with one attached hydrogen (secondary N) is 2. The van der Waals surface area contributed by atoms with E-state index in [1.807, 2.05) is 0 Å². The average molecular weight is 153 g/mol. The lowest BCUT2D eigenvalue weighted by Gasteiger charge is -2.35. The lowest BCUT2D eigenvalue weighted by atomic mass is 9.79. The van der Waals surface area contributed by atoms with Gasteiger partial charge in [-0.2, -0.15) is 5.26 Å². The van der Waals surface area contributed by atoms with Crippen LogP contribution in [0.3, 0.4) is 0 Å². The van der Waals surface area contributed by atoms with Crippen LogP contribution in [0, 0.1) is 11.3 Å². The Morgan fingerprint density at radius 2 is 2.27 bits per heavy atom. The van der Waals surface area contributed by atoms with Crippen LogP contribution in [0.15, 0.2) is 0 Å². The van der Waals surface area contributed by atoms with Gasteiger partial charge >= 0.3 is 0 Å². The van der Waals surface area contributed by atoms with Gasteiger partial charge in [0.05, 0.1) is 6.07 Å². The molecule has 0 spiro atoms. The fraction of sp³-hybridized carbons (Fsp3) is 0.714. The van der Waals surface area contributed by atoms with Crippen molar-refractivity contribution in [3.63, 3.8) is 0 Å². The van der Waals surface area contributed by atoms with Gasteiger partial charge in [-0.05, 0) is 19.3 Å². The molecular weight excluding hydrogens is 142 g/mol. The number of amides is 1. The van der Waals surface area contributed by atoms with Crippen molar-refractivity contribution in [2.45, 2.75) is 31.7 Å². The van der Waals surface area contributed by atoms with Gasteiger partial charge in [-0.25, -0.2) is 5.43 Å². The van der Waals surface area contributed by atoms with Gasteiger partial charge in [0.25, 0.3) is 0 Å². The lowest BCUT2D eigenvalue weighted by Crippen LogP contribution is -2.56. The molecule has 0 aromatic rings. The van der Waals surface area contributed by atoms with E-state index in [-0.39, 0.29) is 5.91 Å². The van der Waals surface area contributed by atoms with Crippen molar-refractivity contribution >= 4 is 5.91 Å². The number of hydrazine groups is 1. The minimum Gasteiger partial charge on any atom is -0.290 e. The number of hydrogen-bond acceptors (Lipinski definition) is 3. The number of nitrogens with zero attached hydrogens (tertiary/aromatic N) is 1. The summed E-state index contributed by atoms with van der Waals surface area (Å²) in [7, 11) is 0. The molecule has 0 saturated heterocycles. The van der Waals surface area contributed by atoms with E-state index < -0.39 is 5.54 Å². The standard InChI is InChI=1S/C7H11N3O/c1-6(11)9-10-7(5-8)3-2-4-7/h10H,2-4H2,1H3,(H,9,11). The zero-order valence-corrected chi connectivity index (χ0v) is 6.48. The summed E-state index contributed by atoms with van der Waals surface area (Å²) in [4.78, 5) is 10.5. The van der Waals surface area contributed by atoms with Gasteiger partial charge in [0.2, 0.25) is 5.91 Å². The first-order valence-electron chi connectivity index (χ1n) is 3.63. The summed E-state index contributed by atoms with van der Waals surface area (Å²) >= 11 is 0. The van der Waals surface area contributed by atoms with Gasteiger partial charge in [0.15, 0.2) is 0 Å². The van der Waals surface area contributed by atoms with Crippen LogP contribution in [0.25, 0.3) is 0 Å². The molecule has 1 aliphatic carbocycles. The third kappa shape index (κ3) is 1.69. The molecule has 2 N–H and O–H groups in total. The Bertz CT molecular complexity index is 202. The van der Waals surface area contributed by atoms with Crippen molar-refractivity contribution in [3.8, 4) is 6.07 Å². The van der Waals surface area contributed by atoms with Crippen LogP contribution in [0.4, 0.5) is 0 Å². The van der Waals surface area contributed by atoms with Crippen molar-refractivity contribution in [2.24, 2.45) is 0 Å². The summed E-state index contributed by atoms with van der Waals surface area (Å²) in [5.41, 5.74) is 4.67. The van der Waals surface area contributed by atoms with E-state index >= 15 is 0 Å². The van der Waals surface area contributed by atoms with Gasteiger partial charge in [0.1, 0.15) is 5.54 Å². The van der Waals surface area contributed by atoms with Crippen molar-refractivity contribution < 1.29 is 4.79 Å². The SMILES string of the molecule is CC(=O)NNC1(C#N)CCC1. The van der Waals surface area contributed by atoms with E-state index in [0.29, 0.717) is 0 Å². The Balaban J connectivity index is 2.35. The largest absolute Gasteiger partial charge is 0.290 e. The molecule has 0 heterocycles. The molecule has 1 rings (SSSR count). The molecule has 1 fully saturated rings. The van der Waals surface area contributed by atoms with E-state index in [1.165, 1.54) is 6.92 Å². The van der Waals surface area contributed by atoms with Crippen molar-refractivity contribution in [3.05, 3.63) is 0 Å². The van der Waals surface area contributed by atoms with Crippen molar-refractivity contribution in [2.75, 3.05) is 0 Å². The Hall–Kier alpha value is -1.08. The highest BCUT2D eigenvalue weighted by molar-refractivity contribution is 5.72. The topological polar surface area (TPSA) is 64.9 Å². The summed E-state index contributed by atoms with van der Waals surface area (Å²) in [5, 5.41) is 8.69. The molecule has 4 heteroatoms. The predicted molar refractivity (Wildman–Crippen MR) is 39.1 cm³/mol. The maximum absolute atomic E-state index is 10.5. The van der Waals surface area contributed by atoms with Gasteiger partial charge in [-0.3, -0.25) is 10.2 Å². The van der Waals surface area contributed by atoms with E-state index in [2.05, 4.69) is 16.9 Å². The predicted octanol–water partition coefficient (Wildman–Crippen LogP) is 0.0734. The summed E-state index contributed by atoms with van der Waals surface area (Å²) in [6.45, 7) is 1.41. The molecular formula is C7H11N3O. The highest BCUT2D eigenvalue weighted by Gasteiger charge is 2.37. The third-order valence-electron chi connectivity index (χ3n) is 1.90. The second kappa shape index (κ2) is 2.89. The first kappa shape index (κ1) is 8.02. The molecule has 0 aliphatic heterocycles. The van der Waals surface area contributed by atoms with E-state index in [1.54, 1.807) is 0 Å². The highest BCUT2D eigenvalue weighted by atomic mass is 16.2. The van der Waals surface area contributed by atoms with Crippen LogP contribution < -0.4 is 10.9 Å². The van der Waals surface area contributed by atoms with E-state index in [9.17, 15) is 4.79 Å². The van der Waals surface area contributed by atoms with Crippen molar-refractivity contribution in [1.82, 2.24) is 10.9 Å². The third-order valence-corrected chi connectivity index (χ3v) is 1.90. The number of carbonyl (C=O) groups excluding carboxylic acids is 1. The molecule has 1 amide bonds. The zero-order chi connectivity index (χ0) is 8.32. The highest BCUT2D eigenvalue weighted by Crippen LogP contribution is 2.29. The van der Waals surface area contributed by atoms with E-state index in [4.69, 9.17) is 5.26 Å². The smallest absolute Gasteiger partial charge is 0.231 e. The number of hydrogen-bond donors (Lipinski definition) is 2. The number of rotatable bonds is 2. The normalized spacial score (nSPS) is 19.6. The molecule has 0 bridgehead atoms. The zero-order valence-electron chi connectivity index (χ0n) is 6.48. The summed E-state index contributed by atoms with van der Waals surface area (Å²) in [6, 6.07) is 2.14. The second-order valence-electron chi connectivity index (χ2n) is 2.85. The minimum absolute atomic E-state index is 0.161. The fourth-order valence-electron chi connectivity index (χ4n) is 1.00. The maximum Gasteiger partial charge on any atom is 0.231 e. The lowest BCUT2D eigenvalue weighted by molar-refractivity contribution is -0.120. The van der Waals surface area contributed by atoms with Gasteiger partial charge in [0, 0.05) is 6.92 Å². The Kier molecular flexibility index (Phi) is 2.11. The summed E-state index contributed by atoms with van der Waals surface area (Å²) < 4.78 is 0. The summed E-state index contributed by atoms with van der Waals surface area (Å²) in [5.74, 6) is -0.161. The molecule has 1 saturated carbocycles. The Labute approximate surface area is 65.5 Å². The first-order valence-corrected chi connectivity index (χ1v) is 3.63. The molecule has 0 atom stereocenters. The van der Waals surface area contributed by atoms with Crippen LogP contribution in [-0.2, 0) is 4.79 Å². The van der Waals surface area contributed by atoms with Gasteiger partial charge in [-0.1, -0.05) is 0 Å². The summed E-state index contributed by atoms with van der Waals surface area (Å²) in [6.07, 6.45) is 2.70. The van der Waals surface area contributed by atoms with Crippen LogP contribution in [0.5, 0.6) is 0 Å². The van der Waals surface area contributed by atoms with Crippen LogP contribution >= 0.6 is 0 Å². The molecule has 60 valence electrons. The molecule has 1 aliphatic rings. The quantitative estimate of drug-likeness (QED) is 0.552. The van der Waals surface area contributed by atoms with Crippen LogP contribution in [-0.4, -0.2) is 11.4 Å². The van der Waals surface area contributed by atoms with Gasteiger partial charge in [-0.15, -0.1) is 0 Å². The molecule has 0 aromatic heterocycles. The van der Waals surface area contributed by atoms with Gasteiger partial charge < -0.3 is 0 Å². The Morgan fingerprint density at radius 3 is 2.55 bits per heavy atom. The average Bonchev–Trinajstić information content (AvgIpc) is 1.86. The number of nitriles is 1. The monoisotopic (exact) mass is 153 g/mol. The van der Waals surface area contributed by atoms with Crippen LogP contribution in [0.1, 0.15) is 26.2 Å². The molecule has 4 nitrogen and oxygen atoms in total. The molecule has 0 unspecified atom stereocenters. The maximum atomic E-state index is 10.5. The molecule has 11 heavy (non-hydrogen) atoms. The van der Waals surface area contributed by atoms with Crippen LogP contribution in [0.2, 0.25) is 0 Å². The van der Waals surface area contributed by atoms with E-state index in [0.717, 1.165) is 19.3 Å². The molecule has 0 aromatic carbocycles. The first-order chi connectivity index (χ1) is 5.18. The minimum atomic E-state index is -0.480. The Morgan fingerprint density at radius 1 is 1.64 bits per heavy atom. The molecule has 0 radical (unpaired) electrons.